The highest BCUT2D eigenvalue weighted by Crippen LogP contribution is 2.39. The van der Waals surface area contributed by atoms with E-state index in [4.69, 9.17) is 29.9 Å². The molecule has 0 radical (unpaired) electrons. The molecule has 11 nitrogen and oxygen atoms in total. The number of carboxylic acids is 3. The van der Waals surface area contributed by atoms with Gasteiger partial charge in [0.15, 0.2) is 17.1 Å². The SMILES string of the molecule is COc1cc2c(cc1OC)[C@H](Cc1ccccc1)N[C@H](c1ccccn1)C2.O=C(O)CC(O)(CC(=O)O)C(=O)O. The van der Waals surface area contributed by atoms with Gasteiger partial charge < -0.3 is 35.2 Å². The Morgan fingerprint density at radius 2 is 1.52 bits per heavy atom. The van der Waals surface area contributed by atoms with Crippen molar-refractivity contribution in [3.05, 3.63) is 89.2 Å². The predicted molar refractivity (Wildman–Crippen MR) is 143 cm³/mol. The van der Waals surface area contributed by atoms with Gasteiger partial charge in [0.2, 0.25) is 0 Å². The minimum absolute atomic E-state index is 0.172. The summed E-state index contributed by atoms with van der Waals surface area (Å²) < 4.78 is 11.1. The molecule has 1 aromatic heterocycles. The van der Waals surface area contributed by atoms with E-state index in [2.05, 4.69) is 58.8 Å². The summed E-state index contributed by atoms with van der Waals surface area (Å²) in [6.45, 7) is 0. The standard InChI is InChI=1S/C23H24N2O2.C6H8O7/c1-26-22-14-17-13-21(19-10-6-7-11-24-19)25-20(18(17)15-23(22)27-2)12-16-8-4-3-5-9-16;7-3(8)1-6(13,5(11)12)2-4(9)10/h3-11,14-15,20-21,25H,12-13H2,1-2H3;13H,1-2H2,(H,7,8)(H,9,10)(H,11,12)/t20-,21-;/m0./s1. The van der Waals surface area contributed by atoms with Crippen molar-refractivity contribution in [2.24, 2.45) is 0 Å². The van der Waals surface area contributed by atoms with E-state index in [1.54, 1.807) is 14.2 Å². The highest BCUT2D eigenvalue weighted by atomic mass is 16.5. The number of nitrogens with one attached hydrogen (secondary N) is 1. The summed E-state index contributed by atoms with van der Waals surface area (Å²) in [6, 6.07) is 21.2. The lowest BCUT2D eigenvalue weighted by Gasteiger charge is -2.34. The van der Waals surface area contributed by atoms with Crippen LogP contribution in [0.3, 0.4) is 0 Å². The Labute approximate surface area is 231 Å². The molecule has 0 fully saturated rings. The lowest BCUT2D eigenvalue weighted by Crippen LogP contribution is -2.42. The first-order chi connectivity index (χ1) is 19.1. The maximum absolute atomic E-state index is 10.3. The zero-order valence-electron chi connectivity index (χ0n) is 22.1. The number of carbonyl (C=O) groups is 3. The Morgan fingerprint density at radius 3 is 2.05 bits per heavy atom. The second kappa shape index (κ2) is 13.5. The number of rotatable bonds is 10. The van der Waals surface area contributed by atoms with Crippen molar-refractivity contribution < 1.29 is 44.3 Å². The zero-order chi connectivity index (χ0) is 29.3. The van der Waals surface area contributed by atoms with Gasteiger partial charge in [-0.25, -0.2) is 4.79 Å². The number of pyridine rings is 1. The number of aromatic nitrogens is 1. The first-order valence-corrected chi connectivity index (χ1v) is 12.4. The number of ether oxygens (including phenoxy) is 2. The summed E-state index contributed by atoms with van der Waals surface area (Å²) in [5.74, 6) is -3.47. The largest absolute Gasteiger partial charge is 0.493 e. The summed E-state index contributed by atoms with van der Waals surface area (Å²) in [5, 5.41) is 37.6. The van der Waals surface area contributed by atoms with Crippen LogP contribution in [0.15, 0.2) is 66.9 Å². The van der Waals surface area contributed by atoms with E-state index < -0.39 is 36.4 Å². The van der Waals surface area contributed by atoms with E-state index in [1.807, 2.05) is 18.3 Å². The van der Waals surface area contributed by atoms with Gasteiger partial charge in [-0.05, 0) is 53.8 Å². The molecule has 0 bridgehead atoms. The van der Waals surface area contributed by atoms with Crippen LogP contribution in [0, 0.1) is 0 Å². The minimum atomic E-state index is -2.74. The molecule has 2 atom stereocenters. The molecule has 0 unspecified atom stereocenters. The topological polar surface area (TPSA) is 176 Å². The van der Waals surface area contributed by atoms with E-state index in [9.17, 15) is 14.4 Å². The average Bonchev–Trinajstić information content (AvgIpc) is 2.92. The van der Waals surface area contributed by atoms with Crippen molar-refractivity contribution in [1.82, 2.24) is 10.3 Å². The van der Waals surface area contributed by atoms with Gasteiger partial charge in [-0.1, -0.05) is 36.4 Å². The van der Waals surface area contributed by atoms with Crippen LogP contribution in [-0.4, -0.2) is 63.1 Å². The molecule has 1 aliphatic rings. The fourth-order valence-corrected chi connectivity index (χ4v) is 4.55. The normalized spacial score (nSPS) is 16.1. The third-order valence-electron chi connectivity index (χ3n) is 6.46. The van der Waals surface area contributed by atoms with Crippen molar-refractivity contribution in [3.8, 4) is 11.5 Å². The molecule has 0 aliphatic carbocycles. The summed E-state index contributed by atoms with van der Waals surface area (Å²) in [7, 11) is 3.37. The van der Waals surface area contributed by atoms with Crippen LogP contribution in [-0.2, 0) is 27.2 Å². The summed E-state index contributed by atoms with van der Waals surface area (Å²) in [5.41, 5.74) is 2.18. The third-order valence-corrected chi connectivity index (χ3v) is 6.46. The Hall–Kier alpha value is -4.48. The van der Waals surface area contributed by atoms with Gasteiger partial charge in [0.25, 0.3) is 0 Å². The van der Waals surface area contributed by atoms with Gasteiger partial charge in [-0.15, -0.1) is 0 Å². The van der Waals surface area contributed by atoms with Crippen molar-refractivity contribution in [2.75, 3.05) is 14.2 Å². The van der Waals surface area contributed by atoms with Crippen LogP contribution >= 0.6 is 0 Å². The van der Waals surface area contributed by atoms with E-state index in [1.165, 1.54) is 16.7 Å². The highest BCUT2D eigenvalue weighted by Gasteiger charge is 2.40. The molecule has 0 amide bonds. The van der Waals surface area contributed by atoms with Crippen molar-refractivity contribution in [2.45, 2.75) is 43.4 Å². The number of methoxy groups -OCH3 is 2. The predicted octanol–water partition coefficient (Wildman–Crippen LogP) is 3.02. The number of nitrogens with zero attached hydrogens (tertiary/aromatic N) is 1. The van der Waals surface area contributed by atoms with Crippen LogP contribution in [0.25, 0.3) is 0 Å². The zero-order valence-corrected chi connectivity index (χ0v) is 22.1. The average molecular weight is 553 g/mol. The quantitative estimate of drug-likeness (QED) is 0.250. The number of aliphatic carboxylic acids is 3. The number of hydrogen-bond donors (Lipinski definition) is 5. The van der Waals surface area contributed by atoms with Crippen molar-refractivity contribution in [1.29, 1.82) is 0 Å². The van der Waals surface area contributed by atoms with Gasteiger partial charge >= 0.3 is 17.9 Å². The highest BCUT2D eigenvalue weighted by molar-refractivity contribution is 5.88. The van der Waals surface area contributed by atoms with E-state index in [0.717, 1.165) is 30.0 Å². The van der Waals surface area contributed by atoms with E-state index >= 15 is 0 Å². The Balaban J connectivity index is 0.000000289. The first kappa shape index (κ1) is 30.1. The Morgan fingerprint density at radius 1 is 0.925 bits per heavy atom. The Kier molecular flexibility index (Phi) is 10.2. The van der Waals surface area contributed by atoms with Gasteiger partial charge in [-0.2, -0.15) is 0 Å². The van der Waals surface area contributed by atoms with Crippen molar-refractivity contribution in [3.63, 3.8) is 0 Å². The number of fused-ring (bicyclic) bond motifs is 1. The smallest absolute Gasteiger partial charge is 0.336 e. The molecular weight excluding hydrogens is 520 g/mol. The van der Waals surface area contributed by atoms with Crippen LogP contribution in [0.4, 0.5) is 0 Å². The monoisotopic (exact) mass is 552 g/mol. The number of benzene rings is 2. The Bertz CT molecular complexity index is 1300. The number of hydrogen-bond acceptors (Lipinski definition) is 8. The van der Waals surface area contributed by atoms with Gasteiger partial charge in [0, 0.05) is 12.2 Å². The molecule has 2 heterocycles. The summed E-state index contributed by atoms with van der Waals surface area (Å²) >= 11 is 0. The summed E-state index contributed by atoms with van der Waals surface area (Å²) in [4.78, 5) is 35.1. The molecule has 212 valence electrons. The number of carboxylic acid groups (broad SMARTS) is 3. The molecule has 4 rings (SSSR count). The van der Waals surface area contributed by atoms with Crippen LogP contribution < -0.4 is 14.8 Å². The van der Waals surface area contributed by atoms with Gasteiger partial charge in [0.05, 0.1) is 38.8 Å². The first-order valence-electron chi connectivity index (χ1n) is 12.4. The lowest BCUT2D eigenvalue weighted by molar-refractivity contribution is -0.170. The molecule has 2 aromatic carbocycles. The molecule has 1 aliphatic heterocycles. The van der Waals surface area contributed by atoms with E-state index in [-0.39, 0.29) is 12.1 Å². The molecule has 40 heavy (non-hydrogen) atoms. The van der Waals surface area contributed by atoms with Crippen molar-refractivity contribution >= 4 is 17.9 Å². The van der Waals surface area contributed by atoms with Crippen LogP contribution in [0.1, 0.15) is 47.3 Å². The second-order valence-electron chi connectivity index (χ2n) is 9.30. The molecule has 0 spiro atoms. The summed E-state index contributed by atoms with van der Waals surface area (Å²) in [6.07, 6.45) is 1.35. The molecule has 11 heteroatoms. The molecular formula is C29H32N2O9. The fraction of sp³-hybridized carbons (Fsp3) is 0.310. The molecule has 3 aromatic rings. The van der Waals surface area contributed by atoms with E-state index in [0.29, 0.717) is 0 Å². The maximum atomic E-state index is 10.3. The van der Waals surface area contributed by atoms with Gasteiger partial charge in [-0.3, -0.25) is 14.6 Å². The molecule has 0 saturated heterocycles. The molecule has 5 N–H and O–H groups in total. The fourth-order valence-electron chi connectivity index (χ4n) is 4.55. The third kappa shape index (κ3) is 7.78. The minimum Gasteiger partial charge on any atom is -0.493 e. The maximum Gasteiger partial charge on any atom is 0.336 e. The van der Waals surface area contributed by atoms with Gasteiger partial charge in [0.1, 0.15) is 0 Å². The number of aliphatic hydroxyl groups is 1. The lowest BCUT2D eigenvalue weighted by atomic mass is 9.85. The van der Waals surface area contributed by atoms with Crippen LogP contribution in [0.2, 0.25) is 0 Å². The molecule has 0 saturated carbocycles. The second-order valence-corrected chi connectivity index (χ2v) is 9.30. The van der Waals surface area contributed by atoms with Crippen LogP contribution in [0.5, 0.6) is 11.5 Å².